The Morgan fingerprint density at radius 3 is 2.33 bits per heavy atom. The number of aryl methyl sites for hydroxylation is 1. The van der Waals surface area contributed by atoms with Crippen molar-refractivity contribution in [3.05, 3.63) is 70.8 Å². The van der Waals surface area contributed by atoms with Crippen LogP contribution in [0.25, 0.3) is 0 Å². The quantitative estimate of drug-likeness (QED) is 0.155. The van der Waals surface area contributed by atoms with E-state index in [1.807, 2.05) is 19.1 Å². The molecule has 0 saturated carbocycles. The van der Waals surface area contributed by atoms with Crippen molar-refractivity contribution in [2.45, 2.75) is 69.2 Å². The number of phenols is 1. The molecule has 0 amide bonds. The minimum Gasteiger partial charge on any atom is -0.504 e. The van der Waals surface area contributed by atoms with Crippen LogP contribution in [0.1, 0.15) is 65.3 Å². The highest BCUT2D eigenvalue weighted by molar-refractivity contribution is 5.90. The van der Waals surface area contributed by atoms with Crippen LogP contribution in [0.15, 0.2) is 48.5 Å². The van der Waals surface area contributed by atoms with Crippen LogP contribution in [0.2, 0.25) is 0 Å². The van der Waals surface area contributed by atoms with Crippen LogP contribution in [-0.4, -0.2) is 99.3 Å². The number of ether oxygens (including phenoxy) is 8. The highest BCUT2D eigenvalue weighted by Gasteiger charge is 2.47. The second kappa shape index (κ2) is 17.3. The number of hydrogen-bond donors (Lipinski definition) is 4. The van der Waals surface area contributed by atoms with Gasteiger partial charge in [-0.05, 0) is 66.8 Å². The van der Waals surface area contributed by atoms with Gasteiger partial charge in [-0.3, -0.25) is 0 Å². The molecule has 4 N–H and O–H groups in total. The standard InChI is InChI=1S/C38H48O13/c1-6-8-24-32(20-48-37(43)23-10-12-27(41)29(18-23)44-2)50-38(33(42)36(24)47-5)49-28-13-11-22(17-30(28)45-3)34-26(19-40)25-15-21(9-7-14-39)16-31(46-4)35(25)51-34/h10-13,15-18,24,26,32-34,36,38-42H,6-9,14,19-20H2,1-5H3. The molecule has 2 heterocycles. The molecule has 13 nitrogen and oxygen atoms in total. The first-order chi connectivity index (χ1) is 24.7. The topological polar surface area (TPSA) is 172 Å². The van der Waals surface area contributed by atoms with E-state index in [0.717, 1.165) is 17.5 Å². The Morgan fingerprint density at radius 2 is 1.67 bits per heavy atom. The fourth-order valence-corrected chi connectivity index (χ4v) is 6.89. The predicted octanol–water partition coefficient (Wildman–Crippen LogP) is 4.31. The van der Waals surface area contributed by atoms with Crippen LogP contribution >= 0.6 is 0 Å². The number of benzene rings is 3. The Morgan fingerprint density at radius 1 is 0.902 bits per heavy atom. The maximum absolute atomic E-state index is 13.0. The molecule has 5 rings (SSSR count). The molecule has 13 heteroatoms. The molecule has 1 fully saturated rings. The normalized spacial score (nSPS) is 24.0. The zero-order valence-corrected chi connectivity index (χ0v) is 29.6. The van der Waals surface area contributed by atoms with Crippen LogP contribution in [-0.2, 0) is 20.6 Å². The Labute approximate surface area is 297 Å². The first-order valence-electron chi connectivity index (χ1n) is 17.1. The molecule has 1 saturated heterocycles. The molecular formula is C38H48O13. The summed E-state index contributed by atoms with van der Waals surface area (Å²) in [6.45, 7) is 1.73. The summed E-state index contributed by atoms with van der Waals surface area (Å²) < 4.78 is 46.8. The van der Waals surface area contributed by atoms with E-state index in [1.165, 1.54) is 39.5 Å². The van der Waals surface area contributed by atoms with E-state index >= 15 is 0 Å². The molecule has 0 bridgehead atoms. The van der Waals surface area contributed by atoms with E-state index in [1.54, 1.807) is 25.3 Å². The molecule has 7 unspecified atom stereocenters. The van der Waals surface area contributed by atoms with Gasteiger partial charge in [-0.25, -0.2) is 4.79 Å². The molecule has 278 valence electrons. The van der Waals surface area contributed by atoms with Gasteiger partial charge in [0.15, 0.2) is 34.5 Å². The largest absolute Gasteiger partial charge is 0.504 e. The number of phenolic OH excluding ortho intramolecular Hbond substituents is 1. The highest BCUT2D eigenvalue weighted by Crippen LogP contribution is 2.51. The molecule has 3 aromatic carbocycles. The number of carbonyl (C=O) groups excluding carboxylic acids is 1. The fourth-order valence-electron chi connectivity index (χ4n) is 6.89. The lowest BCUT2D eigenvalue weighted by Crippen LogP contribution is -2.58. The van der Waals surface area contributed by atoms with E-state index in [9.17, 15) is 25.2 Å². The Hall–Kier alpha value is -4.27. The maximum Gasteiger partial charge on any atom is 0.338 e. The van der Waals surface area contributed by atoms with Crippen LogP contribution in [0.4, 0.5) is 0 Å². The van der Waals surface area contributed by atoms with E-state index in [-0.39, 0.29) is 48.6 Å². The van der Waals surface area contributed by atoms with Crippen molar-refractivity contribution >= 4 is 5.97 Å². The molecule has 0 spiro atoms. The third-order valence-corrected chi connectivity index (χ3v) is 9.46. The van der Waals surface area contributed by atoms with Crippen molar-refractivity contribution in [3.63, 3.8) is 0 Å². The molecule has 51 heavy (non-hydrogen) atoms. The van der Waals surface area contributed by atoms with Gasteiger partial charge in [0.25, 0.3) is 0 Å². The molecule has 0 radical (unpaired) electrons. The smallest absolute Gasteiger partial charge is 0.338 e. The number of aromatic hydroxyl groups is 1. The number of rotatable bonds is 16. The zero-order valence-electron chi connectivity index (χ0n) is 29.6. The molecule has 2 aliphatic heterocycles. The minimum atomic E-state index is -1.21. The Kier molecular flexibility index (Phi) is 12.9. The van der Waals surface area contributed by atoms with Gasteiger partial charge in [0.2, 0.25) is 6.29 Å². The molecular weight excluding hydrogens is 664 g/mol. The van der Waals surface area contributed by atoms with Crippen molar-refractivity contribution in [2.75, 3.05) is 48.3 Å². The zero-order chi connectivity index (χ0) is 36.7. The lowest BCUT2D eigenvalue weighted by molar-refractivity contribution is -0.269. The van der Waals surface area contributed by atoms with Crippen molar-refractivity contribution in [2.24, 2.45) is 5.92 Å². The average Bonchev–Trinajstić information content (AvgIpc) is 3.53. The lowest BCUT2D eigenvalue weighted by Gasteiger charge is -2.44. The summed E-state index contributed by atoms with van der Waals surface area (Å²) >= 11 is 0. The summed E-state index contributed by atoms with van der Waals surface area (Å²) in [6.07, 6.45) is -1.71. The number of methoxy groups -OCH3 is 4. The predicted molar refractivity (Wildman–Crippen MR) is 184 cm³/mol. The summed E-state index contributed by atoms with van der Waals surface area (Å²) in [7, 11) is 5.94. The van der Waals surface area contributed by atoms with Crippen LogP contribution in [0, 0.1) is 5.92 Å². The summed E-state index contributed by atoms with van der Waals surface area (Å²) in [4.78, 5) is 13.0. The maximum atomic E-state index is 13.0. The SMILES string of the molecule is CCCC1C(COC(=O)c2ccc(O)c(OC)c2)OC(Oc2ccc(C3Oc4c(OC)cc(CCCO)cc4C3CO)cc2OC)C(O)C1OC. The third-order valence-electron chi connectivity index (χ3n) is 9.46. The van der Waals surface area contributed by atoms with E-state index < -0.39 is 42.6 Å². The fraction of sp³-hybridized carbons (Fsp3) is 0.500. The first kappa shape index (κ1) is 38.0. The van der Waals surface area contributed by atoms with Gasteiger partial charge >= 0.3 is 5.97 Å². The third kappa shape index (κ3) is 8.13. The van der Waals surface area contributed by atoms with Gasteiger partial charge in [0.05, 0.1) is 45.5 Å². The van der Waals surface area contributed by atoms with Gasteiger partial charge in [-0.1, -0.05) is 25.5 Å². The highest BCUT2D eigenvalue weighted by atomic mass is 16.7. The first-order valence-corrected chi connectivity index (χ1v) is 17.1. The van der Waals surface area contributed by atoms with Gasteiger partial charge < -0.3 is 58.3 Å². The second-order valence-corrected chi connectivity index (χ2v) is 12.6. The number of carbonyl (C=O) groups is 1. The summed E-state index contributed by atoms with van der Waals surface area (Å²) in [5.74, 6) is 0.391. The van der Waals surface area contributed by atoms with Crippen molar-refractivity contribution in [3.8, 4) is 34.5 Å². The summed E-state index contributed by atoms with van der Waals surface area (Å²) in [5.41, 5.74) is 2.69. The second-order valence-electron chi connectivity index (χ2n) is 12.6. The summed E-state index contributed by atoms with van der Waals surface area (Å²) in [5, 5.41) is 41.1. The minimum absolute atomic E-state index is 0.0652. The van der Waals surface area contributed by atoms with Crippen molar-refractivity contribution in [1.29, 1.82) is 0 Å². The molecule has 7 atom stereocenters. The number of fused-ring (bicyclic) bond motifs is 1. The molecule has 0 aliphatic carbocycles. The van der Waals surface area contributed by atoms with Gasteiger partial charge in [-0.2, -0.15) is 0 Å². The Bertz CT molecular complexity index is 1630. The van der Waals surface area contributed by atoms with Gasteiger partial charge in [0.1, 0.15) is 24.9 Å². The van der Waals surface area contributed by atoms with Crippen molar-refractivity contribution in [1.82, 2.24) is 0 Å². The van der Waals surface area contributed by atoms with E-state index in [0.29, 0.717) is 42.1 Å². The number of esters is 1. The molecule has 2 aliphatic rings. The van der Waals surface area contributed by atoms with Crippen LogP contribution in [0.5, 0.6) is 34.5 Å². The van der Waals surface area contributed by atoms with Crippen LogP contribution in [0.3, 0.4) is 0 Å². The number of hydrogen-bond acceptors (Lipinski definition) is 13. The molecule has 3 aromatic rings. The number of aliphatic hydroxyl groups excluding tert-OH is 3. The lowest BCUT2D eigenvalue weighted by atomic mass is 9.85. The van der Waals surface area contributed by atoms with Crippen molar-refractivity contribution < 1.29 is 63.1 Å². The van der Waals surface area contributed by atoms with Gasteiger partial charge in [-0.15, -0.1) is 0 Å². The summed E-state index contributed by atoms with van der Waals surface area (Å²) in [6, 6.07) is 13.3. The van der Waals surface area contributed by atoms with Gasteiger partial charge in [0, 0.05) is 25.2 Å². The van der Waals surface area contributed by atoms with E-state index in [4.69, 9.17) is 37.9 Å². The van der Waals surface area contributed by atoms with E-state index in [2.05, 4.69) is 0 Å². The molecule has 0 aromatic heterocycles. The average molecular weight is 713 g/mol. The Balaban J connectivity index is 1.36. The van der Waals surface area contributed by atoms with Crippen LogP contribution < -0.4 is 23.7 Å². The monoisotopic (exact) mass is 712 g/mol. The number of aliphatic hydroxyl groups is 3.